The average Bonchev–Trinajstić information content (AvgIpc) is 2.33. The van der Waals surface area contributed by atoms with E-state index >= 15 is 0 Å². The lowest BCUT2D eigenvalue weighted by Gasteiger charge is -2.25. The molecule has 18 heavy (non-hydrogen) atoms. The Balaban J connectivity index is 2.05. The SMILES string of the molecule is Nc1ccc(CN2CCCCCCC2=O)cc1F. The average molecular weight is 250 g/mol. The van der Waals surface area contributed by atoms with Gasteiger partial charge in [0.25, 0.3) is 0 Å². The molecule has 0 aromatic heterocycles. The molecule has 4 heteroatoms. The predicted molar refractivity (Wildman–Crippen MR) is 69.3 cm³/mol. The Labute approximate surface area is 107 Å². The molecule has 1 aromatic carbocycles. The van der Waals surface area contributed by atoms with Gasteiger partial charge >= 0.3 is 0 Å². The zero-order valence-corrected chi connectivity index (χ0v) is 10.5. The molecule has 1 fully saturated rings. The Morgan fingerprint density at radius 2 is 2.00 bits per heavy atom. The Hall–Kier alpha value is -1.58. The van der Waals surface area contributed by atoms with Crippen LogP contribution in [0, 0.1) is 5.82 Å². The molecule has 0 radical (unpaired) electrons. The molecule has 0 unspecified atom stereocenters. The molecule has 0 saturated carbocycles. The number of hydrogen-bond donors (Lipinski definition) is 1. The van der Waals surface area contributed by atoms with E-state index in [-0.39, 0.29) is 11.6 Å². The van der Waals surface area contributed by atoms with Gasteiger partial charge in [0, 0.05) is 19.5 Å². The fourth-order valence-corrected chi connectivity index (χ4v) is 2.27. The Kier molecular flexibility index (Phi) is 4.18. The molecule has 1 aliphatic heterocycles. The molecule has 2 N–H and O–H groups in total. The smallest absolute Gasteiger partial charge is 0.222 e. The van der Waals surface area contributed by atoms with Crippen molar-refractivity contribution in [3.8, 4) is 0 Å². The highest BCUT2D eigenvalue weighted by molar-refractivity contribution is 5.76. The van der Waals surface area contributed by atoms with Gasteiger partial charge in [0.2, 0.25) is 5.91 Å². The standard InChI is InChI=1S/C14H19FN2O/c15-12-9-11(6-7-13(12)16)10-17-8-4-2-1-3-5-14(17)18/h6-7,9H,1-5,8,10,16H2. The number of benzene rings is 1. The summed E-state index contributed by atoms with van der Waals surface area (Å²) in [4.78, 5) is 13.8. The van der Waals surface area contributed by atoms with Crippen molar-refractivity contribution < 1.29 is 9.18 Å². The molecule has 3 nitrogen and oxygen atoms in total. The molecule has 0 aliphatic carbocycles. The Bertz CT molecular complexity index is 434. The summed E-state index contributed by atoms with van der Waals surface area (Å²) in [6, 6.07) is 4.75. The molecular formula is C14H19FN2O. The zero-order valence-electron chi connectivity index (χ0n) is 10.5. The molecule has 1 heterocycles. The number of nitrogens with two attached hydrogens (primary N) is 1. The van der Waals surface area contributed by atoms with Gasteiger partial charge in [0.1, 0.15) is 5.82 Å². The summed E-state index contributed by atoms with van der Waals surface area (Å²) in [5.74, 6) is -0.237. The lowest BCUT2D eigenvalue weighted by Crippen LogP contribution is -2.32. The van der Waals surface area contributed by atoms with Gasteiger partial charge in [0.05, 0.1) is 5.69 Å². The van der Waals surface area contributed by atoms with Crippen LogP contribution in [-0.4, -0.2) is 17.4 Å². The maximum Gasteiger partial charge on any atom is 0.222 e. The van der Waals surface area contributed by atoms with Crippen LogP contribution >= 0.6 is 0 Å². The Morgan fingerprint density at radius 3 is 2.78 bits per heavy atom. The van der Waals surface area contributed by atoms with Crippen molar-refractivity contribution in [2.75, 3.05) is 12.3 Å². The minimum Gasteiger partial charge on any atom is -0.396 e. The molecular weight excluding hydrogens is 231 g/mol. The molecule has 0 spiro atoms. The van der Waals surface area contributed by atoms with E-state index in [9.17, 15) is 9.18 Å². The van der Waals surface area contributed by atoms with Crippen molar-refractivity contribution in [1.82, 2.24) is 4.90 Å². The van der Waals surface area contributed by atoms with Crippen LogP contribution in [0.25, 0.3) is 0 Å². The molecule has 98 valence electrons. The number of carbonyl (C=O) groups excluding carboxylic acids is 1. The van der Waals surface area contributed by atoms with Gasteiger partial charge in [-0.25, -0.2) is 4.39 Å². The lowest BCUT2D eigenvalue weighted by atomic mass is 10.1. The highest BCUT2D eigenvalue weighted by atomic mass is 19.1. The van der Waals surface area contributed by atoms with Gasteiger partial charge in [-0.2, -0.15) is 0 Å². The first-order valence-electron chi connectivity index (χ1n) is 6.48. The number of carbonyl (C=O) groups is 1. The number of rotatable bonds is 2. The molecule has 1 aliphatic rings. The second-order valence-electron chi connectivity index (χ2n) is 4.84. The minimum absolute atomic E-state index is 0.151. The van der Waals surface area contributed by atoms with E-state index in [4.69, 9.17) is 5.73 Å². The molecule has 0 atom stereocenters. The monoisotopic (exact) mass is 250 g/mol. The number of hydrogen-bond acceptors (Lipinski definition) is 2. The number of likely N-dealkylation sites (tertiary alicyclic amines) is 1. The fourth-order valence-electron chi connectivity index (χ4n) is 2.27. The number of nitrogens with zero attached hydrogens (tertiary/aromatic N) is 1. The normalized spacial score (nSPS) is 17.4. The third kappa shape index (κ3) is 3.22. The number of halogens is 1. The van der Waals surface area contributed by atoms with Crippen LogP contribution in [0.15, 0.2) is 18.2 Å². The number of amides is 1. The van der Waals surface area contributed by atoms with Crippen LogP contribution in [0.4, 0.5) is 10.1 Å². The maximum absolute atomic E-state index is 13.3. The summed E-state index contributed by atoms with van der Waals surface area (Å²) in [7, 11) is 0. The van der Waals surface area contributed by atoms with Gasteiger partial charge in [0.15, 0.2) is 0 Å². The van der Waals surface area contributed by atoms with E-state index < -0.39 is 5.82 Å². The summed E-state index contributed by atoms with van der Waals surface area (Å²) in [6.45, 7) is 1.25. The summed E-state index contributed by atoms with van der Waals surface area (Å²) < 4.78 is 13.3. The van der Waals surface area contributed by atoms with Crippen LogP contribution in [0.5, 0.6) is 0 Å². The van der Waals surface area contributed by atoms with E-state index in [1.165, 1.54) is 12.5 Å². The van der Waals surface area contributed by atoms with Crippen molar-refractivity contribution in [3.63, 3.8) is 0 Å². The highest BCUT2D eigenvalue weighted by Gasteiger charge is 2.16. The van der Waals surface area contributed by atoms with E-state index in [1.807, 2.05) is 4.90 Å². The van der Waals surface area contributed by atoms with E-state index in [1.54, 1.807) is 12.1 Å². The van der Waals surface area contributed by atoms with Gasteiger partial charge < -0.3 is 10.6 Å². The second kappa shape index (κ2) is 5.85. The predicted octanol–water partition coefficient (Wildman–Crippen LogP) is 2.70. The number of nitrogen functional groups attached to an aromatic ring is 1. The molecule has 2 rings (SSSR count). The first-order chi connectivity index (χ1) is 8.66. The van der Waals surface area contributed by atoms with E-state index in [0.717, 1.165) is 31.4 Å². The first-order valence-corrected chi connectivity index (χ1v) is 6.48. The van der Waals surface area contributed by atoms with Gasteiger partial charge in [-0.3, -0.25) is 4.79 Å². The van der Waals surface area contributed by atoms with Crippen LogP contribution < -0.4 is 5.73 Å². The quantitative estimate of drug-likeness (QED) is 0.820. The maximum atomic E-state index is 13.3. The van der Waals surface area contributed by atoms with Crippen molar-refractivity contribution in [2.45, 2.75) is 38.6 Å². The van der Waals surface area contributed by atoms with E-state index in [0.29, 0.717) is 13.0 Å². The van der Waals surface area contributed by atoms with Gasteiger partial charge in [-0.15, -0.1) is 0 Å². The van der Waals surface area contributed by atoms with Crippen molar-refractivity contribution in [3.05, 3.63) is 29.6 Å². The summed E-state index contributed by atoms with van der Waals surface area (Å²) in [5, 5.41) is 0. The number of anilines is 1. The van der Waals surface area contributed by atoms with Crippen LogP contribution in [0.2, 0.25) is 0 Å². The third-order valence-electron chi connectivity index (χ3n) is 3.36. The highest BCUT2D eigenvalue weighted by Crippen LogP contribution is 2.17. The minimum atomic E-state index is -0.410. The van der Waals surface area contributed by atoms with Crippen molar-refractivity contribution >= 4 is 11.6 Å². The second-order valence-corrected chi connectivity index (χ2v) is 4.84. The largest absolute Gasteiger partial charge is 0.396 e. The summed E-state index contributed by atoms with van der Waals surface area (Å²) in [6.07, 6.45) is 4.90. The van der Waals surface area contributed by atoms with Crippen LogP contribution in [-0.2, 0) is 11.3 Å². The molecule has 1 aromatic rings. The topological polar surface area (TPSA) is 46.3 Å². The zero-order chi connectivity index (χ0) is 13.0. The first kappa shape index (κ1) is 12.9. The van der Waals surface area contributed by atoms with Crippen molar-refractivity contribution in [1.29, 1.82) is 0 Å². The van der Waals surface area contributed by atoms with E-state index in [2.05, 4.69) is 0 Å². The van der Waals surface area contributed by atoms with Gasteiger partial charge in [-0.1, -0.05) is 18.9 Å². The molecule has 1 amide bonds. The molecule has 0 bridgehead atoms. The van der Waals surface area contributed by atoms with Gasteiger partial charge in [-0.05, 0) is 30.5 Å². The summed E-state index contributed by atoms with van der Waals surface area (Å²) >= 11 is 0. The molecule has 1 saturated heterocycles. The third-order valence-corrected chi connectivity index (χ3v) is 3.36. The van der Waals surface area contributed by atoms with Crippen LogP contribution in [0.3, 0.4) is 0 Å². The fraction of sp³-hybridized carbons (Fsp3) is 0.500. The van der Waals surface area contributed by atoms with Crippen LogP contribution in [0.1, 0.15) is 37.7 Å². The Morgan fingerprint density at radius 1 is 1.22 bits per heavy atom. The van der Waals surface area contributed by atoms with Crippen molar-refractivity contribution in [2.24, 2.45) is 0 Å². The summed E-state index contributed by atoms with van der Waals surface area (Å²) in [5.41, 5.74) is 6.39. The lowest BCUT2D eigenvalue weighted by molar-refractivity contribution is -0.132.